The Labute approximate surface area is 292 Å². The Kier molecular flexibility index (Phi) is 12.5. The number of amides is 1. The van der Waals surface area contributed by atoms with E-state index in [4.69, 9.17) is 23.7 Å². The predicted octanol–water partition coefficient (Wildman–Crippen LogP) is 2.89. The molecule has 2 bridgehead atoms. The van der Waals surface area contributed by atoms with E-state index in [1.807, 2.05) is 46.7 Å². The fourth-order valence-electron chi connectivity index (χ4n) is 8.29. The minimum atomic E-state index is -1.57. The van der Waals surface area contributed by atoms with Gasteiger partial charge in [-0.25, -0.2) is 4.79 Å². The maximum Gasteiger partial charge on any atom is 0.408 e. The number of esters is 1. The molecule has 5 heterocycles. The van der Waals surface area contributed by atoms with Crippen LogP contribution in [0.5, 0.6) is 0 Å². The van der Waals surface area contributed by atoms with E-state index in [9.17, 15) is 19.5 Å². The summed E-state index contributed by atoms with van der Waals surface area (Å²) in [5.74, 6) is -1.84. The fourth-order valence-corrected chi connectivity index (χ4v) is 8.29. The molecule has 280 valence electrons. The van der Waals surface area contributed by atoms with E-state index >= 15 is 0 Å². The number of Topliss-reactive ketones (excluding diaryl/α,β-unsaturated/α-hetero) is 1. The second-order valence-electron chi connectivity index (χ2n) is 15.7. The number of aliphatic hydroxyl groups is 1. The van der Waals surface area contributed by atoms with Crippen molar-refractivity contribution >= 4 is 17.8 Å². The summed E-state index contributed by atoms with van der Waals surface area (Å²) in [5.41, 5.74) is -2.85. The van der Waals surface area contributed by atoms with Gasteiger partial charge in [-0.3, -0.25) is 9.59 Å². The summed E-state index contributed by atoms with van der Waals surface area (Å²) in [7, 11) is 3.82. The monoisotopic (exact) mass is 694 g/mol. The molecule has 5 aliphatic rings. The number of allylic oxidation sites excluding steroid dienone is 1. The Hall–Kier alpha value is -2.29. The van der Waals surface area contributed by atoms with E-state index in [1.165, 1.54) is 0 Å². The zero-order chi connectivity index (χ0) is 36.5. The number of alkyl carbamates (subject to hydrolysis) is 1. The standard InChI is InChI=1S/C36H62N4O9/c1-12-21(4)37-19-24-16-25(40(10)11)27(41)31(46-24)48-30-22(5)29(42)34(7)14-15-45-35(30,8)17-20(3)18-38-23(6)28-36(9,49-33(44)39-28)26(13-2)47-32(34)43/h20,22-28,30-31,37-38,41H,4,12-19H2,1-3,5-11H3,(H,39,44)/t20-,22+,23-,24+,25+,26-,27-,28-,30-,31+,34-,35+,36-/m1/s1. The molecule has 0 aliphatic carbocycles. The van der Waals surface area contributed by atoms with Crippen LogP contribution in [0.15, 0.2) is 12.3 Å². The van der Waals surface area contributed by atoms with Crippen LogP contribution in [-0.2, 0) is 33.3 Å². The Bertz CT molecular complexity index is 1220. The van der Waals surface area contributed by atoms with Crippen molar-refractivity contribution in [3.63, 3.8) is 0 Å². The SMILES string of the molecule is C=C(CC)NC[C@@H]1C[C@H](N(C)C)[C@@H](O)[C@H](O[C@@H]2[C@@H](C)C(=O)[C@@]3(C)CCO[C@@]2(C)C[C@@H](C)CN[C@H](C)[C@H]2NC(=O)O[C@]2(C)[C@@H](CC)OC3=O)O1. The number of nitrogens with zero attached hydrogens (tertiary/aromatic N) is 1. The number of likely N-dealkylation sites (N-methyl/N-ethyl adjacent to an activating group) is 1. The first-order valence-corrected chi connectivity index (χ1v) is 18.1. The molecular formula is C36H62N4O9. The van der Waals surface area contributed by atoms with Gasteiger partial charge in [0.05, 0.1) is 23.9 Å². The van der Waals surface area contributed by atoms with Gasteiger partial charge < -0.3 is 49.6 Å². The third-order valence-corrected chi connectivity index (χ3v) is 11.5. The summed E-state index contributed by atoms with van der Waals surface area (Å²) in [6, 6.07) is -1.00. The lowest BCUT2D eigenvalue weighted by Gasteiger charge is -2.49. The van der Waals surface area contributed by atoms with E-state index in [0.717, 1.165) is 12.1 Å². The van der Waals surface area contributed by atoms with Gasteiger partial charge in [-0.05, 0) is 86.4 Å². The Morgan fingerprint density at radius 1 is 1.14 bits per heavy atom. The lowest BCUT2D eigenvalue weighted by molar-refractivity contribution is -0.301. The topological polar surface area (TPSA) is 157 Å². The van der Waals surface area contributed by atoms with Crippen molar-refractivity contribution in [3.05, 3.63) is 12.3 Å². The molecule has 13 heteroatoms. The van der Waals surface area contributed by atoms with Crippen LogP contribution in [0.2, 0.25) is 0 Å². The quantitative estimate of drug-likeness (QED) is 0.218. The maximum atomic E-state index is 14.7. The van der Waals surface area contributed by atoms with Gasteiger partial charge in [0.15, 0.2) is 17.7 Å². The summed E-state index contributed by atoms with van der Waals surface area (Å²) in [6.07, 6.45) is -2.32. The van der Waals surface area contributed by atoms with E-state index in [2.05, 4.69) is 29.5 Å². The highest BCUT2D eigenvalue weighted by Gasteiger charge is 2.58. The van der Waals surface area contributed by atoms with Crippen LogP contribution in [0.25, 0.3) is 0 Å². The summed E-state index contributed by atoms with van der Waals surface area (Å²) in [6.45, 7) is 20.2. The summed E-state index contributed by atoms with van der Waals surface area (Å²) >= 11 is 0. The molecule has 13 nitrogen and oxygen atoms in total. The highest BCUT2D eigenvalue weighted by molar-refractivity contribution is 6.04. The van der Waals surface area contributed by atoms with Gasteiger partial charge in [0, 0.05) is 36.9 Å². The molecule has 5 saturated heterocycles. The third-order valence-electron chi connectivity index (χ3n) is 11.5. The van der Waals surface area contributed by atoms with Crippen LogP contribution >= 0.6 is 0 Å². The van der Waals surface area contributed by atoms with Crippen LogP contribution in [0, 0.1) is 17.3 Å². The highest BCUT2D eigenvalue weighted by Crippen LogP contribution is 2.43. The highest BCUT2D eigenvalue weighted by atomic mass is 16.7. The van der Waals surface area contributed by atoms with Gasteiger partial charge in [0.25, 0.3) is 0 Å². The van der Waals surface area contributed by atoms with Crippen molar-refractivity contribution in [3.8, 4) is 0 Å². The molecule has 0 aromatic rings. The van der Waals surface area contributed by atoms with Gasteiger partial charge in [-0.1, -0.05) is 34.3 Å². The van der Waals surface area contributed by atoms with Crippen molar-refractivity contribution in [2.24, 2.45) is 17.3 Å². The molecule has 0 unspecified atom stereocenters. The van der Waals surface area contributed by atoms with Crippen LogP contribution < -0.4 is 16.0 Å². The van der Waals surface area contributed by atoms with E-state index in [0.29, 0.717) is 32.4 Å². The second-order valence-corrected chi connectivity index (χ2v) is 15.7. The summed E-state index contributed by atoms with van der Waals surface area (Å²) in [4.78, 5) is 43.4. The van der Waals surface area contributed by atoms with E-state index in [-0.39, 0.29) is 42.9 Å². The Morgan fingerprint density at radius 2 is 1.84 bits per heavy atom. The number of ketones is 1. The van der Waals surface area contributed by atoms with E-state index in [1.54, 1.807) is 20.8 Å². The van der Waals surface area contributed by atoms with E-state index < -0.39 is 65.2 Å². The maximum absolute atomic E-state index is 14.7. The average Bonchev–Trinajstić information content (AvgIpc) is 3.36. The minimum Gasteiger partial charge on any atom is -0.457 e. The number of carbonyl (C=O) groups is 3. The van der Waals surface area contributed by atoms with Gasteiger partial charge in [-0.15, -0.1) is 0 Å². The van der Waals surface area contributed by atoms with Crippen LogP contribution in [-0.4, -0.2) is 122 Å². The van der Waals surface area contributed by atoms with Crippen molar-refractivity contribution in [2.45, 2.75) is 148 Å². The van der Waals surface area contributed by atoms with Gasteiger partial charge in [-0.2, -0.15) is 0 Å². The molecule has 1 amide bonds. The molecule has 0 saturated carbocycles. The Morgan fingerprint density at radius 3 is 2.47 bits per heavy atom. The first-order valence-electron chi connectivity index (χ1n) is 18.1. The Balaban J connectivity index is 1.73. The normalized spacial score (nSPS) is 43.8. The number of carbonyl (C=O) groups excluding carboxylic acids is 3. The first kappa shape index (κ1) is 39.5. The molecule has 0 aromatic heterocycles. The van der Waals surface area contributed by atoms with Crippen molar-refractivity contribution in [2.75, 3.05) is 33.8 Å². The lowest BCUT2D eigenvalue weighted by atomic mass is 9.70. The number of rotatable bonds is 8. The van der Waals surface area contributed by atoms with Crippen LogP contribution in [0.1, 0.15) is 87.5 Å². The van der Waals surface area contributed by atoms with Crippen molar-refractivity contribution < 1.29 is 43.2 Å². The van der Waals surface area contributed by atoms with Gasteiger partial charge in [0.1, 0.15) is 17.6 Å². The van der Waals surface area contributed by atoms with Gasteiger partial charge in [0.2, 0.25) is 0 Å². The zero-order valence-electron chi connectivity index (χ0n) is 31.3. The summed E-state index contributed by atoms with van der Waals surface area (Å²) in [5, 5.41) is 21.4. The first-order chi connectivity index (χ1) is 22.9. The third kappa shape index (κ3) is 8.12. The number of hydrogen-bond donors (Lipinski definition) is 4. The number of ether oxygens (including phenoxy) is 5. The molecule has 5 aliphatic heterocycles. The molecule has 0 aromatic carbocycles. The van der Waals surface area contributed by atoms with Crippen LogP contribution in [0.4, 0.5) is 4.79 Å². The lowest BCUT2D eigenvalue weighted by Crippen LogP contribution is -2.62. The number of aliphatic hydroxyl groups excluding tert-OH is 1. The fraction of sp³-hybridized carbons (Fsp3) is 0.861. The molecule has 13 atom stereocenters. The number of fused-ring (bicyclic) bond motifs is 10. The predicted molar refractivity (Wildman–Crippen MR) is 184 cm³/mol. The van der Waals surface area contributed by atoms with Crippen molar-refractivity contribution in [1.29, 1.82) is 0 Å². The van der Waals surface area contributed by atoms with Gasteiger partial charge >= 0.3 is 12.1 Å². The molecule has 49 heavy (non-hydrogen) atoms. The molecule has 0 radical (unpaired) electrons. The molecule has 5 rings (SSSR count). The van der Waals surface area contributed by atoms with Crippen molar-refractivity contribution in [1.82, 2.24) is 20.9 Å². The number of nitrogens with one attached hydrogen (secondary N) is 3. The zero-order valence-corrected chi connectivity index (χ0v) is 31.3. The molecular weight excluding hydrogens is 632 g/mol. The second kappa shape index (κ2) is 15.5. The molecule has 5 fully saturated rings. The smallest absolute Gasteiger partial charge is 0.408 e. The average molecular weight is 695 g/mol. The summed E-state index contributed by atoms with van der Waals surface area (Å²) < 4.78 is 31.9. The molecule has 4 N–H and O–H groups in total. The largest absolute Gasteiger partial charge is 0.457 e. The number of hydrogen-bond acceptors (Lipinski definition) is 12. The molecule has 0 spiro atoms. The minimum absolute atomic E-state index is 0.0321. The van der Waals surface area contributed by atoms with Crippen LogP contribution in [0.3, 0.4) is 0 Å².